The second kappa shape index (κ2) is 8.87. The molecule has 0 aromatic heterocycles. The molecule has 0 radical (unpaired) electrons. The van der Waals surface area contributed by atoms with Crippen LogP contribution in [-0.4, -0.2) is 24.6 Å². The minimum atomic E-state index is -0.739. The molecular formula is C20H23NO4. The predicted molar refractivity (Wildman–Crippen MR) is 96.7 cm³/mol. The predicted octanol–water partition coefficient (Wildman–Crippen LogP) is 3.64. The van der Waals surface area contributed by atoms with Crippen LogP contribution < -0.4 is 10.1 Å². The zero-order chi connectivity index (χ0) is 18.2. The van der Waals surface area contributed by atoms with Crippen LogP contribution in [0.4, 0.5) is 5.69 Å². The van der Waals surface area contributed by atoms with Gasteiger partial charge >= 0.3 is 5.97 Å². The molecule has 0 unspecified atom stereocenters. The Labute approximate surface area is 148 Å². The van der Waals surface area contributed by atoms with E-state index >= 15 is 0 Å². The Kier molecular flexibility index (Phi) is 6.57. The number of carbonyl (C=O) groups excluding carboxylic acids is 2. The van der Waals surface area contributed by atoms with Gasteiger partial charge in [-0.3, -0.25) is 4.79 Å². The largest absolute Gasteiger partial charge is 0.479 e. The molecule has 0 saturated carbocycles. The van der Waals surface area contributed by atoms with Gasteiger partial charge in [0.2, 0.25) is 0 Å². The van der Waals surface area contributed by atoms with Crippen molar-refractivity contribution in [2.75, 3.05) is 11.9 Å². The van der Waals surface area contributed by atoms with Crippen LogP contribution in [-0.2, 0) is 14.3 Å². The Morgan fingerprint density at radius 2 is 1.76 bits per heavy atom. The molecule has 0 fully saturated rings. The highest BCUT2D eigenvalue weighted by molar-refractivity contribution is 5.93. The first-order valence-electron chi connectivity index (χ1n) is 8.25. The summed E-state index contributed by atoms with van der Waals surface area (Å²) in [5.74, 6) is -0.348. The molecule has 0 spiro atoms. The standard InChI is InChI=1S/C20H23NO4/c1-4-18(25-17-8-6-5-7-9-17)20(23)24-13-19(22)21-16-11-10-14(2)15(3)12-16/h5-12,18H,4,13H2,1-3H3,(H,21,22)/t18-/m0/s1. The van der Waals surface area contributed by atoms with Gasteiger partial charge in [-0.1, -0.05) is 31.2 Å². The minimum Gasteiger partial charge on any atom is -0.479 e. The third kappa shape index (κ3) is 5.64. The van der Waals surface area contributed by atoms with Crippen LogP contribution in [0.1, 0.15) is 24.5 Å². The molecule has 2 aromatic rings. The Morgan fingerprint density at radius 1 is 1.04 bits per heavy atom. The fourth-order valence-electron chi connectivity index (χ4n) is 2.21. The van der Waals surface area contributed by atoms with E-state index in [0.717, 1.165) is 11.1 Å². The van der Waals surface area contributed by atoms with Crippen LogP contribution in [0, 0.1) is 13.8 Å². The molecule has 0 heterocycles. The fraction of sp³-hybridized carbons (Fsp3) is 0.300. The van der Waals surface area contributed by atoms with Crippen LogP contribution in [0.3, 0.4) is 0 Å². The van der Waals surface area contributed by atoms with Gasteiger partial charge in [0.05, 0.1) is 0 Å². The Balaban J connectivity index is 1.84. The first-order valence-corrected chi connectivity index (χ1v) is 8.25. The lowest BCUT2D eigenvalue weighted by Crippen LogP contribution is -2.31. The number of aryl methyl sites for hydroxylation is 2. The van der Waals surface area contributed by atoms with E-state index in [1.54, 1.807) is 12.1 Å². The summed E-state index contributed by atoms with van der Waals surface area (Å²) < 4.78 is 10.7. The summed E-state index contributed by atoms with van der Waals surface area (Å²) in [6.07, 6.45) is -0.288. The van der Waals surface area contributed by atoms with E-state index in [2.05, 4.69) is 5.32 Å². The Bertz CT molecular complexity index is 728. The molecule has 1 amide bonds. The van der Waals surface area contributed by atoms with Gasteiger partial charge in [0, 0.05) is 5.69 Å². The van der Waals surface area contributed by atoms with E-state index in [0.29, 0.717) is 17.9 Å². The molecule has 0 aliphatic rings. The maximum Gasteiger partial charge on any atom is 0.347 e. The van der Waals surface area contributed by atoms with Gasteiger partial charge in [-0.15, -0.1) is 0 Å². The summed E-state index contributed by atoms with van der Waals surface area (Å²) in [6, 6.07) is 14.7. The molecule has 1 atom stereocenters. The molecule has 0 aliphatic heterocycles. The van der Waals surface area contributed by atoms with Gasteiger partial charge in [0.25, 0.3) is 5.91 Å². The van der Waals surface area contributed by atoms with Crippen molar-refractivity contribution in [1.29, 1.82) is 0 Å². The molecular weight excluding hydrogens is 318 g/mol. The highest BCUT2D eigenvalue weighted by Gasteiger charge is 2.21. The summed E-state index contributed by atoms with van der Waals surface area (Å²) in [5.41, 5.74) is 2.90. The van der Waals surface area contributed by atoms with Gasteiger partial charge in [-0.25, -0.2) is 4.79 Å². The molecule has 0 aliphatic carbocycles. The highest BCUT2D eigenvalue weighted by atomic mass is 16.6. The van der Waals surface area contributed by atoms with Crippen LogP contribution in [0.25, 0.3) is 0 Å². The maximum absolute atomic E-state index is 12.1. The number of hydrogen-bond donors (Lipinski definition) is 1. The molecule has 2 rings (SSSR count). The number of anilines is 1. The van der Waals surface area contributed by atoms with Crippen LogP contribution in [0.15, 0.2) is 48.5 Å². The average molecular weight is 341 g/mol. The van der Waals surface area contributed by atoms with Crippen LogP contribution in [0.2, 0.25) is 0 Å². The lowest BCUT2D eigenvalue weighted by Gasteiger charge is -2.16. The lowest BCUT2D eigenvalue weighted by molar-refractivity contribution is -0.154. The van der Waals surface area contributed by atoms with E-state index < -0.39 is 12.1 Å². The number of benzene rings is 2. The van der Waals surface area contributed by atoms with Crippen molar-refractivity contribution in [1.82, 2.24) is 0 Å². The van der Waals surface area contributed by atoms with Gasteiger partial charge in [0.15, 0.2) is 12.7 Å². The molecule has 5 heteroatoms. The summed E-state index contributed by atoms with van der Waals surface area (Å²) in [7, 11) is 0. The molecule has 5 nitrogen and oxygen atoms in total. The average Bonchev–Trinajstić information content (AvgIpc) is 2.61. The smallest absolute Gasteiger partial charge is 0.347 e. The fourth-order valence-corrected chi connectivity index (χ4v) is 2.21. The Hall–Kier alpha value is -2.82. The molecule has 2 aromatic carbocycles. The van der Waals surface area contributed by atoms with Gasteiger partial charge in [-0.2, -0.15) is 0 Å². The van der Waals surface area contributed by atoms with Crippen LogP contribution in [0.5, 0.6) is 5.75 Å². The number of rotatable bonds is 7. The third-order valence-electron chi connectivity index (χ3n) is 3.79. The van der Waals surface area contributed by atoms with E-state index in [1.807, 2.05) is 57.2 Å². The first-order chi connectivity index (χ1) is 12.0. The van der Waals surface area contributed by atoms with Gasteiger partial charge in [0.1, 0.15) is 5.75 Å². The number of carbonyl (C=O) groups is 2. The Morgan fingerprint density at radius 3 is 2.40 bits per heavy atom. The van der Waals surface area contributed by atoms with Crippen molar-refractivity contribution < 1.29 is 19.1 Å². The van der Waals surface area contributed by atoms with E-state index in [-0.39, 0.29) is 12.5 Å². The van der Waals surface area contributed by atoms with Crippen molar-refractivity contribution in [3.8, 4) is 5.75 Å². The molecule has 25 heavy (non-hydrogen) atoms. The summed E-state index contributed by atoms with van der Waals surface area (Å²) in [4.78, 5) is 24.1. The van der Waals surface area contributed by atoms with Gasteiger partial charge < -0.3 is 14.8 Å². The summed E-state index contributed by atoms with van der Waals surface area (Å²) >= 11 is 0. The van der Waals surface area contributed by atoms with Crippen molar-refractivity contribution in [3.63, 3.8) is 0 Å². The third-order valence-corrected chi connectivity index (χ3v) is 3.79. The topological polar surface area (TPSA) is 64.6 Å². The normalized spacial score (nSPS) is 11.5. The molecule has 0 saturated heterocycles. The zero-order valence-corrected chi connectivity index (χ0v) is 14.7. The lowest BCUT2D eigenvalue weighted by atomic mass is 10.1. The molecule has 0 bridgehead atoms. The quantitative estimate of drug-likeness (QED) is 0.781. The first kappa shape index (κ1) is 18.5. The summed E-state index contributed by atoms with van der Waals surface area (Å²) in [6.45, 7) is 5.45. The van der Waals surface area contributed by atoms with Crippen molar-refractivity contribution in [3.05, 3.63) is 59.7 Å². The monoisotopic (exact) mass is 341 g/mol. The zero-order valence-electron chi connectivity index (χ0n) is 14.7. The second-order valence-electron chi connectivity index (χ2n) is 5.78. The van der Waals surface area contributed by atoms with Crippen molar-refractivity contribution >= 4 is 17.6 Å². The molecule has 132 valence electrons. The number of esters is 1. The van der Waals surface area contributed by atoms with E-state index in [4.69, 9.17) is 9.47 Å². The number of hydrogen-bond acceptors (Lipinski definition) is 4. The number of nitrogens with one attached hydrogen (secondary N) is 1. The number of amides is 1. The highest BCUT2D eigenvalue weighted by Crippen LogP contribution is 2.15. The number of ether oxygens (including phenoxy) is 2. The number of para-hydroxylation sites is 1. The van der Waals surface area contributed by atoms with E-state index in [9.17, 15) is 9.59 Å². The SMILES string of the molecule is CC[C@H](Oc1ccccc1)C(=O)OCC(=O)Nc1ccc(C)c(C)c1. The van der Waals surface area contributed by atoms with Crippen molar-refractivity contribution in [2.24, 2.45) is 0 Å². The van der Waals surface area contributed by atoms with Gasteiger partial charge in [-0.05, 0) is 55.7 Å². The van der Waals surface area contributed by atoms with Crippen molar-refractivity contribution in [2.45, 2.75) is 33.3 Å². The van der Waals surface area contributed by atoms with Crippen LogP contribution >= 0.6 is 0 Å². The maximum atomic E-state index is 12.1. The summed E-state index contributed by atoms with van der Waals surface area (Å²) in [5, 5.41) is 2.71. The molecule has 1 N–H and O–H groups in total. The van der Waals surface area contributed by atoms with E-state index in [1.165, 1.54) is 0 Å². The second-order valence-corrected chi connectivity index (χ2v) is 5.78. The minimum absolute atomic E-state index is 0.347.